The number of nitrogens with one attached hydrogen (secondary N) is 1. The molecule has 21 heavy (non-hydrogen) atoms. The molecule has 1 aliphatic rings. The van der Waals surface area contributed by atoms with Crippen molar-refractivity contribution in [3.05, 3.63) is 35.4 Å². The number of hydrogen-bond acceptors (Lipinski definition) is 2. The molecule has 2 rings (SSSR count). The summed E-state index contributed by atoms with van der Waals surface area (Å²) in [5.74, 6) is -0.602. The van der Waals surface area contributed by atoms with Crippen LogP contribution in [0.4, 0.5) is 13.2 Å². The largest absolute Gasteiger partial charge is 0.416 e. The molecule has 0 aliphatic carbocycles. The van der Waals surface area contributed by atoms with Gasteiger partial charge in [0.05, 0.1) is 12.0 Å². The van der Waals surface area contributed by atoms with Gasteiger partial charge in [0, 0.05) is 13.1 Å². The standard InChI is InChI=1S/C14H15F3N2O2/c1-9-13(21)18-5-6-19(9)12(20)8-10-3-2-4-11(7-10)14(15,16)17/h2-4,7,9H,5-6,8H2,1H3,(H,18,21). The second kappa shape index (κ2) is 5.75. The summed E-state index contributed by atoms with van der Waals surface area (Å²) >= 11 is 0. The summed E-state index contributed by atoms with van der Waals surface area (Å²) in [7, 11) is 0. The Balaban J connectivity index is 2.11. The van der Waals surface area contributed by atoms with Crippen LogP contribution in [0.1, 0.15) is 18.1 Å². The first kappa shape index (κ1) is 15.3. The third kappa shape index (κ3) is 3.53. The van der Waals surface area contributed by atoms with E-state index in [1.54, 1.807) is 6.92 Å². The van der Waals surface area contributed by atoms with Crippen molar-refractivity contribution in [1.29, 1.82) is 0 Å². The molecule has 1 aromatic rings. The fraction of sp³-hybridized carbons (Fsp3) is 0.429. The molecule has 1 heterocycles. The zero-order valence-corrected chi connectivity index (χ0v) is 11.4. The number of piperazine rings is 1. The van der Waals surface area contributed by atoms with Gasteiger partial charge in [-0.25, -0.2) is 0 Å². The third-order valence-electron chi connectivity index (χ3n) is 3.43. The van der Waals surface area contributed by atoms with E-state index in [4.69, 9.17) is 0 Å². The van der Waals surface area contributed by atoms with Crippen molar-refractivity contribution in [2.24, 2.45) is 0 Å². The van der Waals surface area contributed by atoms with Gasteiger partial charge in [0.2, 0.25) is 11.8 Å². The van der Waals surface area contributed by atoms with E-state index in [0.29, 0.717) is 13.1 Å². The Bertz CT molecular complexity index is 557. The summed E-state index contributed by atoms with van der Waals surface area (Å²) in [6, 6.07) is 4.08. The highest BCUT2D eigenvalue weighted by molar-refractivity contribution is 5.89. The fourth-order valence-corrected chi connectivity index (χ4v) is 2.26. The molecule has 0 spiro atoms. The van der Waals surface area contributed by atoms with E-state index >= 15 is 0 Å². The number of amides is 2. The summed E-state index contributed by atoms with van der Waals surface area (Å²) in [5.41, 5.74) is -0.495. The average molecular weight is 300 g/mol. The smallest absolute Gasteiger partial charge is 0.353 e. The van der Waals surface area contributed by atoms with Crippen molar-refractivity contribution in [1.82, 2.24) is 10.2 Å². The highest BCUT2D eigenvalue weighted by atomic mass is 19.4. The van der Waals surface area contributed by atoms with Crippen LogP contribution in [0.25, 0.3) is 0 Å². The average Bonchev–Trinajstić information content (AvgIpc) is 2.41. The van der Waals surface area contributed by atoms with E-state index in [1.807, 2.05) is 0 Å². The van der Waals surface area contributed by atoms with Crippen LogP contribution in [0.2, 0.25) is 0 Å². The van der Waals surface area contributed by atoms with Crippen LogP contribution in [0.3, 0.4) is 0 Å². The molecule has 2 amide bonds. The number of benzene rings is 1. The van der Waals surface area contributed by atoms with Gasteiger partial charge in [-0.2, -0.15) is 13.2 Å². The van der Waals surface area contributed by atoms with E-state index in [9.17, 15) is 22.8 Å². The fourth-order valence-electron chi connectivity index (χ4n) is 2.26. The second-order valence-corrected chi connectivity index (χ2v) is 4.93. The van der Waals surface area contributed by atoms with E-state index in [0.717, 1.165) is 12.1 Å². The summed E-state index contributed by atoms with van der Waals surface area (Å²) < 4.78 is 37.9. The normalized spacial score (nSPS) is 19.3. The van der Waals surface area contributed by atoms with Gasteiger partial charge in [-0.05, 0) is 18.6 Å². The number of carbonyl (C=O) groups excluding carboxylic acids is 2. The van der Waals surface area contributed by atoms with Gasteiger partial charge in [0.25, 0.3) is 0 Å². The Morgan fingerprint density at radius 1 is 1.43 bits per heavy atom. The van der Waals surface area contributed by atoms with Gasteiger partial charge >= 0.3 is 6.18 Å². The monoisotopic (exact) mass is 300 g/mol. The molecular formula is C14H15F3N2O2. The topological polar surface area (TPSA) is 49.4 Å². The van der Waals surface area contributed by atoms with E-state index in [1.165, 1.54) is 17.0 Å². The Labute approximate surface area is 119 Å². The molecule has 1 saturated heterocycles. The molecule has 1 atom stereocenters. The summed E-state index contributed by atoms with van der Waals surface area (Å²) in [6.07, 6.45) is -4.58. The van der Waals surface area contributed by atoms with Crippen LogP contribution in [0.5, 0.6) is 0 Å². The summed E-state index contributed by atoms with van der Waals surface area (Å²) in [4.78, 5) is 25.0. The molecule has 0 bridgehead atoms. The highest BCUT2D eigenvalue weighted by Crippen LogP contribution is 2.29. The highest BCUT2D eigenvalue weighted by Gasteiger charge is 2.32. The van der Waals surface area contributed by atoms with Crippen LogP contribution >= 0.6 is 0 Å². The predicted molar refractivity (Wildman–Crippen MR) is 69.3 cm³/mol. The molecule has 0 radical (unpaired) electrons. The number of halogens is 3. The maximum absolute atomic E-state index is 12.6. The van der Waals surface area contributed by atoms with Crippen molar-refractivity contribution in [3.63, 3.8) is 0 Å². The maximum atomic E-state index is 12.6. The lowest BCUT2D eigenvalue weighted by Crippen LogP contribution is -2.56. The van der Waals surface area contributed by atoms with E-state index in [2.05, 4.69) is 5.32 Å². The molecule has 4 nitrogen and oxygen atoms in total. The molecule has 1 N–H and O–H groups in total. The zero-order valence-electron chi connectivity index (χ0n) is 11.4. The van der Waals surface area contributed by atoms with Crippen LogP contribution in [0, 0.1) is 0 Å². The van der Waals surface area contributed by atoms with Gasteiger partial charge in [-0.15, -0.1) is 0 Å². The molecule has 0 aromatic heterocycles. The van der Waals surface area contributed by atoms with Crippen LogP contribution in [-0.4, -0.2) is 35.8 Å². The first-order valence-electron chi connectivity index (χ1n) is 6.52. The van der Waals surface area contributed by atoms with Crippen LogP contribution in [-0.2, 0) is 22.2 Å². The zero-order chi connectivity index (χ0) is 15.6. The van der Waals surface area contributed by atoms with Gasteiger partial charge in [-0.1, -0.05) is 18.2 Å². The van der Waals surface area contributed by atoms with E-state index in [-0.39, 0.29) is 23.8 Å². The molecular weight excluding hydrogens is 285 g/mol. The number of nitrogens with zero attached hydrogens (tertiary/aromatic N) is 1. The van der Waals surface area contributed by atoms with Crippen molar-refractivity contribution in [3.8, 4) is 0 Å². The van der Waals surface area contributed by atoms with Gasteiger partial charge < -0.3 is 10.2 Å². The van der Waals surface area contributed by atoms with Crippen LogP contribution in [0.15, 0.2) is 24.3 Å². The quantitative estimate of drug-likeness (QED) is 0.902. The number of carbonyl (C=O) groups is 2. The Kier molecular flexibility index (Phi) is 4.20. The van der Waals surface area contributed by atoms with Crippen molar-refractivity contribution >= 4 is 11.8 Å². The lowest BCUT2D eigenvalue weighted by atomic mass is 10.1. The summed E-state index contributed by atoms with van der Waals surface area (Å²) in [6.45, 7) is 2.32. The van der Waals surface area contributed by atoms with Gasteiger partial charge in [0.1, 0.15) is 6.04 Å². The molecule has 0 saturated carbocycles. The molecule has 114 valence electrons. The minimum absolute atomic E-state index is 0.151. The molecule has 7 heteroatoms. The number of rotatable bonds is 2. The first-order chi connectivity index (χ1) is 9.79. The molecule has 1 fully saturated rings. The van der Waals surface area contributed by atoms with E-state index < -0.39 is 17.8 Å². The Hall–Kier alpha value is -2.05. The Morgan fingerprint density at radius 2 is 2.14 bits per heavy atom. The number of hydrogen-bond donors (Lipinski definition) is 1. The lowest BCUT2D eigenvalue weighted by molar-refractivity contribution is -0.142. The van der Waals surface area contributed by atoms with Gasteiger partial charge in [0.15, 0.2) is 0 Å². The SMILES string of the molecule is CC1C(=O)NCCN1C(=O)Cc1cccc(C(F)(F)F)c1. The van der Waals surface area contributed by atoms with Crippen molar-refractivity contribution in [2.75, 3.05) is 13.1 Å². The molecule has 1 aromatic carbocycles. The maximum Gasteiger partial charge on any atom is 0.416 e. The van der Waals surface area contributed by atoms with Crippen molar-refractivity contribution < 1.29 is 22.8 Å². The predicted octanol–water partition coefficient (Wildman–Crippen LogP) is 1.59. The van der Waals surface area contributed by atoms with Crippen molar-refractivity contribution in [2.45, 2.75) is 25.6 Å². The minimum Gasteiger partial charge on any atom is -0.353 e. The first-order valence-corrected chi connectivity index (χ1v) is 6.52. The summed E-state index contributed by atoms with van der Waals surface area (Å²) in [5, 5.41) is 2.63. The molecule has 1 aliphatic heterocycles. The molecule has 1 unspecified atom stereocenters. The van der Waals surface area contributed by atoms with Crippen LogP contribution < -0.4 is 5.32 Å². The Morgan fingerprint density at radius 3 is 2.81 bits per heavy atom. The third-order valence-corrected chi connectivity index (χ3v) is 3.43. The van der Waals surface area contributed by atoms with Gasteiger partial charge in [-0.3, -0.25) is 9.59 Å². The lowest BCUT2D eigenvalue weighted by Gasteiger charge is -2.33. The second-order valence-electron chi connectivity index (χ2n) is 4.93. The minimum atomic E-state index is -4.43. The number of alkyl halides is 3.